The summed E-state index contributed by atoms with van der Waals surface area (Å²) in [6.45, 7) is 2.33. The van der Waals surface area contributed by atoms with Crippen LogP contribution in [0.25, 0.3) is 0 Å². The van der Waals surface area contributed by atoms with Gasteiger partial charge >= 0.3 is 0 Å². The minimum absolute atomic E-state index is 0.116. The number of aryl methyl sites for hydroxylation is 1. The first-order valence-electron chi connectivity index (χ1n) is 5.11. The van der Waals surface area contributed by atoms with E-state index in [0.29, 0.717) is 12.1 Å². The van der Waals surface area contributed by atoms with Crippen molar-refractivity contribution in [3.05, 3.63) is 46.8 Å². The number of hydrogen-bond acceptors (Lipinski definition) is 3. The smallest absolute Gasteiger partial charge is 0.258 e. The van der Waals surface area contributed by atoms with Crippen LogP contribution in [0.2, 0.25) is 5.22 Å². The first kappa shape index (κ1) is 11.8. The maximum Gasteiger partial charge on any atom is 0.258 e. The summed E-state index contributed by atoms with van der Waals surface area (Å²) in [5.74, 6) is 0.632. The molecule has 0 saturated carbocycles. The van der Waals surface area contributed by atoms with Gasteiger partial charge in [-0.05, 0) is 30.7 Å². The number of carbonyl (C=O) groups is 1. The Bertz CT molecular complexity index is 529. The molecule has 4 nitrogen and oxygen atoms in total. The lowest BCUT2D eigenvalue weighted by Crippen LogP contribution is -2.26. The van der Waals surface area contributed by atoms with Crippen LogP contribution in [-0.4, -0.2) is 17.9 Å². The first-order valence-corrected chi connectivity index (χ1v) is 5.49. The number of hydrogen-bond donors (Lipinski definition) is 0. The van der Waals surface area contributed by atoms with E-state index in [1.807, 2.05) is 13.0 Å². The average molecular weight is 254 g/mol. The lowest BCUT2D eigenvalue weighted by molar-refractivity contribution is 0.0784. The highest BCUT2D eigenvalue weighted by molar-refractivity contribution is 6.32. The highest BCUT2D eigenvalue weighted by atomic mass is 35.5. The molecule has 2 heterocycles. The van der Waals surface area contributed by atoms with Crippen LogP contribution in [0.3, 0.4) is 0 Å². The quantitative estimate of drug-likeness (QED) is 0.844. The van der Waals surface area contributed by atoms with Crippen LogP contribution in [0, 0.1) is 6.92 Å². The number of nitrogens with zero attached hydrogens (tertiary/aromatic N) is 1. The van der Waals surface area contributed by atoms with E-state index in [1.165, 1.54) is 6.26 Å². The molecule has 0 bridgehead atoms. The van der Waals surface area contributed by atoms with Gasteiger partial charge in [-0.15, -0.1) is 0 Å². The van der Waals surface area contributed by atoms with Crippen LogP contribution in [0.1, 0.15) is 21.7 Å². The largest absolute Gasteiger partial charge is 0.469 e. The molecule has 0 fully saturated rings. The van der Waals surface area contributed by atoms with Gasteiger partial charge in [0, 0.05) is 19.2 Å². The van der Waals surface area contributed by atoms with Crippen molar-refractivity contribution < 1.29 is 13.6 Å². The van der Waals surface area contributed by atoms with E-state index in [2.05, 4.69) is 0 Å². The Kier molecular flexibility index (Phi) is 3.24. The molecule has 0 aliphatic carbocycles. The van der Waals surface area contributed by atoms with E-state index >= 15 is 0 Å². The molecule has 1 amide bonds. The van der Waals surface area contributed by atoms with Crippen molar-refractivity contribution in [1.29, 1.82) is 0 Å². The summed E-state index contributed by atoms with van der Waals surface area (Å²) in [7, 11) is 1.71. The molecule has 17 heavy (non-hydrogen) atoms. The van der Waals surface area contributed by atoms with Crippen molar-refractivity contribution in [3.63, 3.8) is 0 Å². The van der Waals surface area contributed by atoms with E-state index in [-0.39, 0.29) is 11.1 Å². The van der Waals surface area contributed by atoms with Crippen LogP contribution in [0.15, 0.2) is 33.5 Å². The summed E-state index contributed by atoms with van der Waals surface area (Å²) in [6.07, 6.45) is 3.00. The van der Waals surface area contributed by atoms with E-state index in [4.69, 9.17) is 20.4 Å². The minimum atomic E-state index is -0.177. The van der Waals surface area contributed by atoms with Gasteiger partial charge in [-0.2, -0.15) is 0 Å². The molecule has 0 atom stereocenters. The molecule has 5 heteroatoms. The fraction of sp³-hybridized carbons (Fsp3) is 0.250. The maximum atomic E-state index is 12.0. The van der Waals surface area contributed by atoms with Gasteiger partial charge in [0.05, 0.1) is 18.1 Å². The lowest BCUT2D eigenvalue weighted by atomic mass is 10.2. The molecule has 0 radical (unpaired) electrons. The summed E-state index contributed by atoms with van der Waals surface area (Å²) >= 11 is 5.76. The van der Waals surface area contributed by atoms with Crippen molar-refractivity contribution in [1.82, 2.24) is 4.90 Å². The Morgan fingerprint density at radius 1 is 1.35 bits per heavy atom. The molecular formula is C12H12ClNO3. The fourth-order valence-electron chi connectivity index (χ4n) is 1.55. The zero-order chi connectivity index (χ0) is 12.4. The maximum absolute atomic E-state index is 12.0. The molecule has 2 aromatic heterocycles. The predicted octanol–water partition coefficient (Wildman–Crippen LogP) is 3.11. The number of halogens is 1. The number of carbonyl (C=O) groups excluding carboxylic acids is 1. The summed E-state index contributed by atoms with van der Waals surface area (Å²) in [4.78, 5) is 13.6. The van der Waals surface area contributed by atoms with Gasteiger partial charge in [0.15, 0.2) is 0 Å². The Labute approximate surface area is 104 Å². The minimum Gasteiger partial charge on any atom is -0.469 e. The molecule has 0 aliphatic heterocycles. The SMILES string of the molecule is Cc1occc1CN(C)C(=O)c1ccoc1Cl. The van der Waals surface area contributed by atoms with Gasteiger partial charge < -0.3 is 13.7 Å². The average Bonchev–Trinajstić information content (AvgIpc) is 2.88. The second kappa shape index (κ2) is 4.67. The van der Waals surface area contributed by atoms with Gasteiger partial charge in [-0.25, -0.2) is 0 Å². The molecular weight excluding hydrogens is 242 g/mol. The zero-order valence-electron chi connectivity index (χ0n) is 9.57. The Morgan fingerprint density at radius 2 is 2.06 bits per heavy atom. The molecule has 0 saturated heterocycles. The van der Waals surface area contributed by atoms with Gasteiger partial charge in [0.1, 0.15) is 5.76 Å². The molecule has 0 aromatic carbocycles. The van der Waals surface area contributed by atoms with E-state index in [0.717, 1.165) is 11.3 Å². The molecule has 0 spiro atoms. The van der Waals surface area contributed by atoms with Crippen LogP contribution < -0.4 is 0 Å². The summed E-state index contributed by atoms with van der Waals surface area (Å²) in [6, 6.07) is 3.40. The van der Waals surface area contributed by atoms with Crippen LogP contribution >= 0.6 is 11.6 Å². The number of furan rings is 2. The third-order valence-corrected chi connectivity index (χ3v) is 2.86. The summed E-state index contributed by atoms with van der Waals surface area (Å²) in [5.41, 5.74) is 1.34. The Morgan fingerprint density at radius 3 is 2.59 bits per heavy atom. The van der Waals surface area contributed by atoms with Crippen LogP contribution in [-0.2, 0) is 6.54 Å². The van der Waals surface area contributed by atoms with Crippen LogP contribution in [0.4, 0.5) is 0 Å². The number of rotatable bonds is 3. The molecule has 0 unspecified atom stereocenters. The number of amides is 1. The summed E-state index contributed by atoms with van der Waals surface area (Å²) in [5, 5.41) is 0.116. The lowest BCUT2D eigenvalue weighted by Gasteiger charge is -2.15. The second-order valence-corrected chi connectivity index (χ2v) is 4.11. The topological polar surface area (TPSA) is 46.6 Å². The van der Waals surface area contributed by atoms with Gasteiger partial charge in [-0.1, -0.05) is 0 Å². The van der Waals surface area contributed by atoms with Crippen molar-refractivity contribution in [2.45, 2.75) is 13.5 Å². The molecule has 2 aromatic rings. The summed E-state index contributed by atoms with van der Waals surface area (Å²) < 4.78 is 10.1. The second-order valence-electron chi connectivity index (χ2n) is 3.77. The van der Waals surface area contributed by atoms with Crippen molar-refractivity contribution in [2.24, 2.45) is 0 Å². The standard InChI is InChI=1S/C12H12ClNO3/c1-8-9(3-5-16-8)7-14(2)12(15)10-4-6-17-11(10)13/h3-6H,7H2,1-2H3. The molecule has 0 aliphatic rings. The fourth-order valence-corrected chi connectivity index (χ4v) is 1.75. The third-order valence-electron chi connectivity index (χ3n) is 2.57. The van der Waals surface area contributed by atoms with Gasteiger partial charge in [0.2, 0.25) is 5.22 Å². The highest BCUT2D eigenvalue weighted by Gasteiger charge is 2.18. The van der Waals surface area contributed by atoms with Gasteiger partial charge in [0.25, 0.3) is 5.91 Å². The first-order chi connectivity index (χ1) is 8.09. The van der Waals surface area contributed by atoms with Crippen molar-refractivity contribution in [3.8, 4) is 0 Å². The molecule has 2 rings (SSSR count). The Hall–Kier alpha value is -1.68. The molecule has 0 N–H and O–H groups in total. The highest BCUT2D eigenvalue weighted by Crippen LogP contribution is 2.19. The predicted molar refractivity (Wildman–Crippen MR) is 63.0 cm³/mol. The van der Waals surface area contributed by atoms with E-state index < -0.39 is 0 Å². The van der Waals surface area contributed by atoms with Crippen LogP contribution in [0.5, 0.6) is 0 Å². The van der Waals surface area contributed by atoms with Crippen molar-refractivity contribution in [2.75, 3.05) is 7.05 Å². The normalized spacial score (nSPS) is 10.5. The monoisotopic (exact) mass is 253 g/mol. The van der Waals surface area contributed by atoms with E-state index in [9.17, 15) is 4.79 Å². The molecule has 90 valence electrons. The third kappa shape index (κ3) is 2.36. The van der Waals surface area contributed by atoms with E-state index in [1.54, 1.807) is 24.3 Å². The Balaban J connectivity index is 2.11. The van der Waals surface area contributed by atoms with Gasteiger partial charge in [-0.3, -0.25) is 4.79 Å². The zero-order valence-corrected chi connectivity index (χ0v) is 10.3. The van der Waals surface area contributed by atoms with Crippen molar-refractivity contribution >= 4 is 17.5 Å².